The maximum atomic E-state index is 12.2. The first-order chi connectivity index (χ1) is 12.1. The van der Waals surface area contributed by atoms with Gasteiger partial charge in [-0.15, -0.1) is 0 Å². The topological polar surface area (TPSA) is 69.2 Å². The Morgan fingerprint density at radius 3 is 2.36 bits per heavy atom. The fourth-order valence-corrected chi connectivity index (χ4v) is 2.32. The normalized spacial score (nSPS) is 12.0. The lowest BCUT2D eigenvalue weighted by molar-refractivity contribution is -0.131. The van der Waals surface area contributed by atoms with Crippen LogP contribution in [-0.2, 0) is 9.53 Å². The van der Waals surface area contributed by atoms with E-state index in [0.717, 1.165) is 5.56 Å². The number of hydrazone groups is 1. The van der Waals surface area contributed by atoms with Crippen LogP contribution in [0.2, 0.25) is 5.02 Å². The minimum Gasteiger partial charge on any atom is -0.493 e. The SMILES string of the molecule is COc1ccc(C=NNC(=O)C(OC)c2ccc(Cl)cc2)cc1OC. The van der Waals surface area contributed by atoms with E-state index in [2.05, 4.69) is 10.5 Å². The molecule has 0 aliphatic heterocycles. The number of nitrogens with zero attached hydrogens (tertiary/aromatic N) is 1. The van der Waals surface area contributed by atoms with Crippen LogP contribution in [0.4, 0.5) is 0 Å². The summed E-state index contributed by atoms with van der Waals surface area (Å²) in [5, 5.41) is 4.55. The number of benzene rings is 2. The first-order valence-electron chi connectivity index (χ1n) is 7.42. The van der Waals surface area contributed by atoms with Crippen LogP contribution in [0, 0.1) is 0 Å². The lowest BCUT2D eigenvalue weighted by Crippen LogP contribution is -2.26. The number of hydrogen-bond acceptors (Lipinski definition) is 5. The third-order valence-electron chi connectivity index (χ3n) is 3.44. The number of carbonyl (C=O) groups is 1. The van der Waals surface area contributed by atoms with Gasteiger partial charge in [-0.1, -0.05) is 23.7 Å². The number of amides is 1. The zero-order valence-corrected chi connectivity index (χ0v) is 14.9. The van der Waals surface area contributed by atoms with E-state index in [9.17, 15) is 4.79 Å². The van der Waals surface area contributed by atoms with Gasteiger partial charge in [0, 0.05) is 12.1 Å². The molecule has 7 heteroatoms. The van der Waals surface area contributed by atoms with Crippen molar-refractivity contribution in [2.24, 2.45) is 5.10 Å². The Hall–Kier alpha value is -2.57. The maximum Gasteiger partial charge on any atom is 0.273 e. The van der Waals surface area contributed by atoms with Gasteiger partial charge < -0.3 is 14.2 Å². The molecule has 2 aromatic rings. The molecule has 0 saturated carbocycles. The van der Waals surface area contributed by atoms with Crippen LogP contribution >= 0.6 is 11.6 Å². The van der Waals surface area contributed by atoms with Gasteiger partial charge in [-0.2, -0.15) is 5.10 Å². The van der Waals surface area contributed by atoms with Gasteiger partial charge in [0.2, 0.25) is 0 Å². The maximum absolute atomic E-state index is 12.2. The first kappa shape index (κ1) is 18.8. The quantitative estimate of drug-likeness (QED) is 0.606. The van der Waals surface area contributed by atoms with Crippen molar-refractivity contribution in [1.82, 2.24) is 5.43 Å². The second-order valence-corrected chi connectivity index (χ2v) is 5.45. The largest absolute Gasteiger partial charge is 0.493 e. The van der Waals surface area contributed by atoms with Crippen molar-refractivity contribution in [3.05, 3.63) is 58.6 Å². The molecular weight excluding hydrogens is 344 g/mol. The Kier molecular flexibility index (Phi) is 6.80. The van der Waals surface area contributed by atoms with Crippen molar-refractivity contribution in [3.63, 3.8) is 0 Å². The molecule has 0 fully saturated rings. The Labute approximate surface area is 151 Å². The third kappa shape index (κ3) is 4.95. The zero-order valence-electron chi connectivity index (χ0n) is 14.2. The van der Waals surface area contributed by atoms with Gasteiger partial charge in [0.15, 0.2) is 17.6 Å². The van der Waals surface area contributed by atoms with Crippen molar-refractivity contribution < 1.29 is 19.0 Å². The van der Waals surface area contributed by atoms with Crippen LogP contribution in [0.1, 0.15) is 17.2 Å². The van der Waals surface area contributed by atoms with E-state index in [1.165, 1.54) is 13.3 Å². The molecule has 0 radical (unpaired) electrons. The summed E-state index contributed by atoms with van der Waals surface area (Å²) >= 11 is 5.85. The molecule has 132 valence electrons. The molecule has 0 aliphatic rings. The van der Waals surface area contributed by atoms with Gasteiger partial charge in [0.1, 0.15) is 0 Å². The summed E-state index contributed by atoms with van der Waals surface area (Å²) in [6.07, 6.45) is 0.730. The van der Waals surface area contributed by atoms with Gasteiger partial charge >= 0.3 is 0 Å². The van der Waals surface area contributed by atoms with Crippen molar-refractivity contribution in [3.8, 4) is 11.5 Å². The molecule has 0 bridgehead atoms. The Bertz CT molecular complexity index is 747. The standard InChI is InChI=1S/C18H19ClN2O4/c1-23-15-9-4-12(10-16(15)24-2)11-20-21-18(22)17(25-3)13-5-7-14(19)8-6-13/h4-11,17H,1-3H3,(H,21,22). The van der Waals surface area contributed by atoms with Crippen LogP contribution in [-0.4, -0.2) is 33.5 Å². The number of ether oxygens (including phenoxy) is 3. The van der Waals surface area contributed by atoms with Crippen molar-refractivity contribution >= 4 is 23.7 Å². The van der Waals surface area contributed by atoms with E-state index in [-0.39, 0.29) is 5.91 Å². The fraction of sp³-hybridized carbons (Fsp3) is 0.222. The average molecular weight is 363 g/mol. The Balaban J connectivity index is 2.05. The van der Waals surface area contributed by atoms with Crippen molar-refractivity contribution in [2.45, 2.75) is 6.10 Å². The Morgan fingerprint density at radius 1 is 1.08 bits per heavy atom. The van der Waals surface area contributed by atoms with Crippen LogP contribution in [0.15, 0.2) is 47.6 Å². The summed E-state index contributed by atoms with van der Waals surface area (Å²) in [4.78, 5) is 12.2. The minimum atomic E-state index is -0.778. The van der Waals surface area contributed by atoms with Crippen LogP contribution < -0.4 is 14.9 Å². The highest BCUT2D eigenvalue weighted by Crippen LogP contribution is 2.26. The van der Waals surface area contributed by atoms with Gasteiger partial charge in [-0.3, -0.25) is 4.79 Å². The molecule has 2 aromatic carbocycles. The number of nitrogens with one attached hydrogen (secondary N) is 1. The highest BCUT2D eigenvalue weighted by atomic mass is 35.5. The third-order valence-corrected chi connectivity index (χ3v) is 3.69. The van der Waals surface area contributed by atoms with Gasteiger partial charge in [0.25, 0.3) is 5.91 Å². The summed E-state index contributed by atoms with van der Waals surface area (Å²) < 4.78 is 15.6. The molecular formula is C18H19ClN2O4. The highest BCUT2D eigenvalue weighted by Gasteiger charge is 2.19. The fourth-order valence-electron chi connectivity index (χ4n) is 2.19. The number of methoxy groups -OCH3 is 3. The number of carbonyl (C=O) groups excluding carboxylic acids is 1. The predicted molar refractivity (Wildman–Crippen MR) is 96.5 cm³/mol. The lowest BCUT2D eigenvalue weighted by Gasteiger charge is -2.13. The molecule has 25 heavy (non-hydrogen) atoms. The first-order valence-corrected chi connectivity index (χ1v) is 7.80. The molecule has 0 aromatic heterocycles. The Morgan fingerprint density at radius 2 is 1.76 bits per heavy atom. The van der Waals surface area contributed by atoms with Crippen LogP contribution in [0.3, 0.4) is 0 Å². The summed E-state index contributed by atoms with van der Waals surface area (Å²) in [6.45, 7) is 0. The number of rotatable bonds is 7. The summed E-state index contributed by atoms with van der Waals surface area (Å²) in [5.74, 6) is 0.807. The molecule has 0 aliphatic carbocycles. The van der Waals surface area contributed by atoms with Crippen molar-refractivity contribution in [1.29, 1.82) is 0 Å². The van der Waals surface area contributed by atoms with E-state index in [4.69, 9.17) is 25.8 Å². The molecule has 1 atom stereocenters. The van der Waals surface area contributed by atoms with E-state index >= 15 is 0 Å². The van der Waals surface area contributed by atoms with Gasteiger partial charge in [-0.25, -0.2) is 5.43 Å². The summed E-state index contributed by atoms with van der Waals surface area (Å²) in [6, 6.07) is 12.2. The van der Waals surface area contributed by atoms with Crippen LogP contribution in [0.5, 0.6) is 11.5 Å². The molecule has 1 N–H and O–H groups in total. The molecule has 0 saturated heterocycles. The smallest absolute Gasteiger partial charge is 0.273 e. The van der Waals surface area contributed by atoms with E-state index in [0.29, 0.717) is 22.1 Å². The molecule has 1 amide bonds. The van der Waals surface area contributed by atoms with Gasteiger partial charge in [0.05, 0.1) is 20.4 Å². The van der Waals surface area contributed by atoms with Gasteiger partial charge in [-0.05, 0) is 41.5 Å². The number of hydrogen-bond donors (Lipinski definition) is 1. The second-order valence-electron chi connectivity index (χ2n) is 5.02. The monoisotopic (exact) mass is 362 g/mol. The molecule has 2 rings (SSSR count). The lowest BCUT2D eigenvalue weighted by atomic mass is 10.1. The summed E-state index contributed by atoms with van der Waals surface area (Å²) in [7, 11) is 4.57. The zero-order chi connectivity index (χ0) is 18.2. The molecule has 6 nitrogen and oxygen atoms in total. The average Bonchev–Trinajstić information content (AvgIpc) is 2.63. The molecule has 1 unspecified atom stereocenters. The second kappa shape index (κ2) is 9.05. The van der Waals surface area contributed by atoms with Crippen LogP contribution in [0.25, 0.3) is 0 Å². The molecule has 0 heterocycles. The predicted octanol–water partition coefficient (Wildman–Crippen LogP) is 3.20. The van der Waals surface area contributed by atoms with E-state index in [1.54, 1.807) is 56.7 Å². The molecule has 0 spiro atoms. The summed E-state index contributed by atoms with van der Waals surface area (Å²) in [5.41, 5.74) is 3.90. The highest BCUT2D eigenvalue weighted by molar-refractivity contribution is 6.30. The number of halogens is 1. The van der Waals surface area contributed by atoms with E-state index < -0.39 is 6.10 Å². The van der Waals surface area contributed by atoms with E-state index in [1.807, 2.05) is 0 Å². The van der Waals surface area contributed by atoms with Crippen molar-refractivity contribution in [2.75, 3.05) is 21.3 Å². The minimum absolute atomic E-state index is 0.387.